The van der Waals surface area contributed by atoms with E-state index in [1.165, 1.54) is 4.88 Å². The molecule has 2 heterocycles. The van der Waals surface area contributed by atoms with E-state index >= 15 is 0 Å². The predicted molar refractivity (Wildman–Crippen MR) is 64.2 cm³/mol. The largest absolute Gasteiger partial charge is 0.493 e. The van der Waals surface area contributed by atoms with Crippen LogP contribution in [0.4, 0.5) is 0 Å². The highest BCUT2D eigenvalue weighted by atomic mass is 32.1. The van der Waals surface area contributed by atoms with Crippen LogP contribution >= 0.6 is 23.6 Å². The Morgan fingerprint density at radius 3 is 3.13 bits per heavy atom. The van der Waals surface area contributed by atoms with Crippen molar-refractivity contribution in [1.82, 2.24) is 9.55 Å². The smallest absolute Gasteiger partial charge is 0.177 e. The van der Waals surface area contributed by atoms with Gasteiger partial charge in [-0.15, -0.1) is 11.3 Å². The van der Waals surface area contributed by atoms with E-state index in [0.29, 0.717) is 6.61 Å². The fraction of sp³-hybridized carbons (Fsp3) is 0.300. The van der Waals surface area contributed by atoms with Gasteiger partial charge in [-0.05, 0) is 30.6 Å². The maximum absolute atomic E-state index is 5.52. The van der Waals surface area contributed by atoms with Gasteiger partial charge < -0.3 is 14.3 Å². The van der Waals surface area contributed by atoms with Gasteiger partial charge in [-0.25, -0.2) is 0 Å². The van der Waals surface area contributed by atoms with Crippen molar-refractivity contribution < 1.29 is 4.74 Å². The predicted octanol–water partition coefficient (Wildman–Crippen LogP) is 3.05. The first-order valence-electron chi connectivity index (χ1n) is 4.74. The summed E-state index contributed by atoms with van der Waals surface area (Å²) in [5.74, 6) is 0.964. The zero-order valence-electron chi connectivity index (χ0n) is 8.40. The maximum Gasteiger partial charge on any atom is 0.177 e. The van der Waals surface area contributed by atoms with Crippen LogP contribution in [0.3, 0.4) is 0 Å². The molecule has 0 atom stereocenters. The Labute approximate surface area is 97.3 Å². The number of rotatable bonds is 4. The minimum absolute atomic E-state index is 0.697. The van der Waals surface area contributed by atoms with Gasteiger partial charge in [-0.3, -0.25) is 0 Å². The molecule has 0 aliphatic carbocycles. The van der Waals surface area contributed by atoms with Crippen molar-refractivity contribution in [3.63, 3.8) is 0 Å². The van der Waals surface area contributed by atoms with Gasteiger partial charge in [-0.1, -0.05) is 0 Å². The molecule has 80 valence electrons. The van der Waals surface area contributed by atoms with Crippen LogP contribution in [0, 0.1) is 4.77 Å². The molecule has 0 aliphatic rings. The topological polar surface area (TPSA) is 29.9 Å². The van der Waals surface area contributed by atoms with Crippen molar-refractivity contribution in [3.8, 4) is 5.75 Å². The van der Waals surface area contributed by atoms with Crippen LogP contribution in [0.5, 0.6) is 5.75 Å². The molecule has 3 nitrogen and oxygen atoms in total. The lowest BCUT2D eigenvalue weighted by Gasteiger charge is -2.05. The monoisotopic (exact) mass is 240 g/mol. The normalized spacial score (nSPS) is 10.5. The molecule has 2 rings (SSSR count). The molecule has 0 saturated heterocycles. The van der Waals surface area contributed by atoms with Gasteiger partial charge in [0.2, 0.25) is 0 Å². The van der Waals surface area contributed by atoms with Crippen LogP contribution < -0.4 is 4.74 Å². The van der Waals surface area contributed by atoms with Crippen LogP contribution in [-0.4, -0.2) is 16.2 Å². The third-order valence-corrected chi connectivity index (χ3v) is 3.28. The van der Waals surface area contributed by atoms with Gasteiger partial charge in [0, 0.05) is 12.4 Å². The Balaban J connectivity index is 2.21. The average Bonchev–Trinajstić information content (AvgIpc) is 2.80. The quantitative estimate of drug-likeness (QED) is 0.832. The van der Waals surface area contributed by atoms with Crippen LogP contribution in [-0.2, 0) is 6.54 Å². The standard InChI is InChI=1S/C10H12N2OS2/c1-2-13-8-3-6-15-9(8)7-12-5-4-11-10(12)14/h3-6H,2,7H2,1H3,(H,11,14). The summed E-state index contributed by atoms with van der Waals surface area (Å²) in [6.45, 7) is 3.46. The fourth-order valence-electron chi connectivity index (χ4n) is 1.36. The maximum atomic E-state index is 5.52. The lowest BCUT2D eigenvalue weighted by molar-refractivity contribution is 0.338. The number of aromatic amines is 1. The fourth-order valence-corrected chi connectivity index (χ4v) is 2.36. The third-order valence-electron chi connectivity index (χ3n) is 2.04. The van der Waals surface area contributed by atoms with Gasteiger partial charge in [0.05, 0.1) is 18.0 Å². The second-order valence-electron chi connectivity index (χ2n) is 3.03. The second kappa shape index (κ2) is 4.63. The summed E-state index contributed by atoms with van der Waals surface area (Å²) in [5, 5.41) is 2.04. The molecule has 0 aromatic carbocycles. The highest BCUT2D eigenvalue weighted by Gasteiger charge is 2.05. The molecule has 0 spiro atoms. The van der Waals surface area contributed by atoms with Crippen LogP contribution in [0.15, 0.2) is 23.8 Å². The van der Waals surface area contributed by atoms with E-state index in [2.05, 4.69) is 4.98 Å². The van der Waals surface area contributed by atoms with Crippen LogP contribution in [0.1, 0.15) is 11.8 Å². The number of hydrogen-bond donors (Lipinski definition) is 1. The lowest BCUT2D eigenvalue weighted by Crippen LogP contribution is -1.99. The molecule has 0 amide bonds. The zero-order valence-corrected chi connectivity index (χ0v) is 10.0. The first-order chi connectivity index (χ1) is 7.31. The Kier molecular flexibility index (Phi) is 3.23. The van der Waals surface area contributed by atoms with Gasteiger partial charge in [0.15, 0.2) is 4.77 Å². The minimum atomic E-state index is 0.697. The first kappa shape index (κ1) is 10.4. The molecule has 1 N–H and O–H groups in total. The number of nitrogens with zero attached hydrogens (tertiary/aromatic N) is 1. The van der Waals surface area contributed by atoms with Crippen LogP contribution in [0.25, 0.3) is 0 Å². The summed E-state index contributed by atoms with van der Waals surface area (Å²) in [7, 11) is 0. The molecule has 0 fully saturated rings. The lowest BCUT2D eigenvalue weighted by atomic mass is 10.4. The van der Waals surface area contributed by atoms with Gasteiger partial charge in [-0.2, -0.15) is 0 Å². The summed E-state index contributed by atoms with van der Waals surface area (Å²) in [4.78, 5) is 4.18. The first-order valence-corrected chi connectivity index (χ1v) is 6.03. The molecular weight excluding hydrogens is 228 g/mol. The second-order valence-corrected chi connectivity index (χ2v) is 4.42. The van der Waals surface area contributed by atoms with E-state index in [4.69, 9.17) is 17.0 Å². The molecule has 0 unspecified atom stereocenters. The summed E-state index contributed by atoms with van der Waals surface area (Å²) < 4.78 is 8.25. The Morgan fingerprint density at radius 2 is 2.47 bits per heavy atom. The van der Waals surface area contributed by atoms with E-state index in [1.54, 1.807) is 11.3 Å². The highest BCUT2D eigenvalue weighted by molar-refractivity contribution is 7.71. The SMILES string of the molecule is CCOc1ccsc1Cn1cc[nH]c1=S. The molecule has 5 heteroatoms. The number of thiophene rings is 1. The summed E-state index contributed by atoms with van der Waals surface area (Å²) in [6.07, 6.45) is 3.79. The van der Waals surface area contributed by atoms with E-state index in [1.807, 2.05) is 35.3 Å². The van der Waals surface area contributed by atoms with E-state index in [-0.39, 0.29) is 0 Å². The summed E-state index contributed by atoms with van der Waals surface area (Å²) in [5.41, 5.74) is 0. The molecular formula is C10H12N2OS2. The van der Waals surface area contributed by atoms with Crippen molar-refractivity contribution in [2.75, 3.05) is 6.61 Å². The number of hydrogen-bond acceptors (Lipinski definition) is 3. The molecule has 0 saturated carbocycles. The Bertz CT molecular complexity index is 483. The summed E-state index contributed by atoms with van der Waals surface area (Å²) >= 11 is 6.83. The van der Waals surface area contributed by atoms with Gasteiger partial charge in [0.25, 0.3) is 0 Å². The number of H-pyrrole nitrogens is 1. The van der Waals surface area contributed by atoms with Crippen molar-refractivity contribution in [2.24, 2.45) is 0 Å². The van der Waals surface area contributed by atoms with E-state index < -0.39 is 0 Å². The van der Waals surface area contributed by atoms with E-state index in [9.17, 15) is 0 Å². The minimum Gasteiger partial charge on any atom is -0.493 e. The zero-order chi connectivity index (χ0) is 10.7. The van der Waals surface area contributed by atoms with Crippen LogP contribution in [0.2, 0.25) is 0 Å². The average molecular weight is 240 g/mol. The third kappa shape index (κ3) is 2.30. The molecule has 15 heavy (non-hydrogen) atoms. The Hall–Kier alpha value is -1.07. The molecule has 0 aliphatic heterocycles. The number of ether oxygens (including phenoxy) is 1. The molecule has 2 aromatic rings. The number of imidazole rings is 1. The number of nitrogens with one attached hydrogen (secondary N) is 1. The highest BCUT2D eigenvalue weighted by Crippen LogP contribution is 2.25. The Morgan fingerprint density at radius 1 is 1.60 bits per heavy atom. The van der Waals surface area contributed by atoms with Crippen molar-refractivity contribution >= 4 is 23.6 Å². The van der Waals surface area contributed by atoms with Gasteiger partial charge in [0.1, 0.15) is 5.75 Å². The van der Waals surface area contributed by atoms with Crippen molar-refractivity contribution in [3.05, 3.63) is 33.5 Å². The van der Waals surface area contributed by atoms with E-state index in [0.717, 1.165) is 17.1 Å². The number of aromatic nitrogens is 2. The summed E-state index contributed by atoms with van der Waals surface area (Å²) in [6, 6.07) is 2.00. The molecule has 2 aromatic heterocycles. The van der Waals surface area contributed by atoms with Gasteiger partial charge >= 0.3 is 0 Å². The molecule has 0 radical (unpaired) electrons. The molecule has 0 bridgehead atoms. The van der Waals surface area contributed by atoms with Crippen molar-refractivity contribution in [2.45, 2.75) is 13.5 Å². The van der Waals surface area contributed by atoms with Crippen molar-refractivity contribution in [1.29, 1.82) is 0 Å².